The third kappa shape index (κ3) is 3.69. The van der Waals surface area contributed by atoms with Crippen LogP contribution in [0.1, 0.15) is 68.5 Å². The molecule has 2 aromatic rings. The maximum Gasteiger partial charge on any atom is 0.328 e. The van der Waals surface area contributed by atoms with Crippen molar-refractivity contribution >= 4 is 12.0 Å². The second-order valence-electron chi connectivity index (χ2n) is 9.05. The van der Waals surface area contributed by atoms with E-state index in [4.69, 9.17) is 10.1 Å². The van der Waals surface area contributed by atoms with Gasteiger partial charge >= 0.3 is 5.97 Å². The van der Waals surface area contributed by atoms with Gasteiger partial charge in [0.15, 0.2) is 0 Å². The van der Waals surface area contributed by atoms with E-state index in [9.17, 15) is 4.79 Å². The Kier molecular flexibility index (Phi) is 4.75. The Balaban J connectivity index is 2.19. The summed E-state index contributed by atoms with van der Waals surface area (Å²) in [5, 5.41) is 8.88. The number of benzene rings is 1. The van der Waals surface area contributed by atoms with Gasteiger partial charge in [0.25, 0.3) is 0 Å². The number of carbonyl (C=O) groups is 1. The minimum Gasteiger partial charge on any atom is -0.478 e. The molecule has 1 heterocycles. The highest BCUT2D eigenvalue weighted by atomic mass is 16.4. The first-order chi connectivity index (χ1) is 12.5. The third-order valence-corrected chi connectivity index (χ3v) is 5.97. The molecule has 1 N–H and O–H groups in total. The lowest BCUT2D eigenvalue weighted by Crippen LogP contribution is -2.34. The lowest BCUT2D eigenvalue weighted by Gasteiger charge is -2.42. The molecule has 0 bridgehead atoms. The van der Waals surface area contributed by atoms with Crippen LogP contribution in [-0.4, -0.2) is 16.1 Å². The Bertz CT molecular complexity index is 936. The lowest BCUT2D eigenvalue weighted by atomic mass is 9.62. The zero-order valence-electron chi connectivity index (χ0n) is 17.2. The van der Waals surface area contributed by atoms with Crippen molar-refractivity contribution in [1.82, 2.24) is 4.98 Å². The van der Waals surface area contributed by atoms with Gasteiger partial charge in [0, 0.05) is 11.6 Å². The predicted octanol–water partition coefficient (Wildman–Crippen LogP) is 5.81. The summed E-state index contributed by atoms with van der Waals surface area (Å²) >= 11 is 0. The molecule has 0 unspecified atom stereocenters. The fourth-order valence-electron chi connectivity index (χ4n) is 4.04. The van der Waals surface area contributed by atoms with Crippen molar-refractivity contribution in [1.29, 1.82) is 0 Å². The van der Waals surface area contributed by atoms with Crippen LogP contribution in [0.15, 0.2) is 30.3 Å². The number of carboxylic acid groups (broad SMARTS) is 1. The number of aryl methyl sites for hydroxylation is 2. The molecule has 3 nitrogen and oxygen atoms in total. The molecule has 1 aliphatic rings. The largest absolute Gasteiger partial charge is 0.478 e. The summed E-state index contributed by atoms with van der Waals surface area (Å²) in [6.07, 6.45) is 5.04. The molecule has 1 aromatic carbocycles. The van der Waals surface area contributed by atoms with Crippen LogP contribution < -0.4 is 0 Å². The highest BCUT2D eigenvalue weighted by Gasteiger charge is 2.37. The molecule has 0 radical (unpaired) electrons. The number of nitrogens with zero attached hydrogens (tertiary/aromatic N) is 1. The zero-order valence-corrected chi connectivity index (χ0v) is 17.2. The minimum absolute atomic E-state index is 0.141. The Labute approximate surface area is 162 Å². The van der Waals surface area contributed by atoms with E-state index in [-0.39, 0.29) is 10.8 Å². The van der Waals surface area contributed by atoms with Gasteiger partial charge in [0.2, 0.25) is 0 Å². The fourth-order valence-corrected chi connectivity index (χ4v) is 4.04. The number of rotatable bonds is 3. The van der Waals surface area contributed by atoms with Gasteiger partial charge in [-0.3, -0.25) is 0 Å². The molecule has 142 valence electrons. The molecule has 0 fully saturated rings. The molecular weight excluding hydrogens is 334 g/mol. The van der Waals surface area contributed by atoms with Crippen molar-refractivity contribution in [3.63, 3.8) is 0 Å². The van der Waals surface area contributed by atoms with E-state index < -0.39 is 5.97 Å². The fraction of sp³-hybridized carbons (Fsp3) is 0.417. The van der Waals surface area contributed by atoms with Crippen LogP contribution >= 0.6 is 0 Å². The van der Waals surface area contributed by atoms with Crippen LogP contribution in [0.2, 0.25) is 0 Å². The van der Waals surface area contributed by atoms with Crippen molar-refractivity contribution in [2.75, 3.05) is 0 Å². The van der Waals surface area contributed by atoms with Crippen LogP contribution in [0.5, 0.6) is 0 Å². The summed E-state index contributed by atoms with van der Waals surface area (Å²) < 4.78 is 0. The van der Waals surface area contributed by atoms with Gasteiger partial charge in [-0.1, -0.05) is 39.8 Å². The highest BCUT2D eigenvalue weighted by molar-refractivity contribution is 5.85. The van der Waals surface area contributed by atoms with Crippen LogP contribution in [-0.2, 0) is 15.6 Å². The number of aliphatic carboxylic acids is 1. The maximum atomic E-state index is 10.8. The maximum absolute atomic E-state index is 10.8. The van der Waals surface area contributed by atoms with Gasteiger partial charge in [-0.2, -0.15) is 0 Å². The molecule has 0 amide bonds. The molecule has 0 saturated heterocycles. The standard InChI is InChI=1S/C24H29NO2/c1-15-7-8-17(9-10-21(26)27)25-22(15)18-14-20-19(13-16(18)2)23(3,4)11-12-24(20,5)6/h7-10,13-14H,11-12H2,1-6H3,(H,26,27)/b10-9+. The Morgan fingerprint density at radius 2 is 1.59 bits per heavy atom. The highest BCUT2D eigenvalue weighted by Crippen LogP contribution is 2.47. The van der Waals surface area contributed by atoms with E-state index >= 15 is 0 Å². The molecule has 3 heteroatoms. The van der Waals surface area contributed by atoms with Crippen molar-refractivity contribution in [3.05, 3.63) is 58.3 Å². The molecule has 0 saturated carbocycles. The monoisotopic (exact) mass is 363 g/mol. The summed E-state index contributed by atoms with van der Waals surface area (Å²) in [5.74, 6) is -0.965. The van der Waals surface area contributed by atoms with Crippen molar-refractivity contribution in [2.24, 2.45) is 0 Å². The Morgan fingerprint density at radius 1 is 1.00 bits per heavy atom. The summed E-state index contributed by atoms with van der Waals surface area (Å²) in [5.41, 5.74) is 8.23. The topological polar surface area (TPSA) is 50.2 Å². The molecule has 1 aromatic heterocycles. The van der Waals surface area contributed by atoms with Gasteiger partial charge in [-0.05, 0) is 78.0 Å². The summed E-state index contributed by atoms with van der Waals surface area (Å²) in [7, 11) is 0. The van der Waals surface area contributed by atoms with E-state index in [0.29, 0.717) is 5.69 Å². The van der Waals surface area contributed by atoms with Crippen molar-refractivity contribution in [3.8, 4) is 11.3 Å². The Morgan fingerprint density at radius 3 is 2.19 bits per heavy atom. The van der Waals surface area contributed by atoms with E-state index in [1.807, 2.05) is 12.1 Å². The first-order valence-electron chi connectivity index (χ1n) is 9.56. The molecule has 1 aliphatic carbocycles. The number of carboxylic acids is 1. The number of hydrogen-bond donors (Lipinski definition) is 1. The molecule has 27 heavy (non-hydrogen) atoms. The summed E-state index contributed by atoms with van der Waals surface area (Å²) in [4.78, 5) is 15.6. The second kappa shape index (κ2) is 6.63. The van der Waals surface area contributed by atoms with Gasteiger partial charge in [0.1, 0.15) is 0 Å². The number of fused-ring (bicyclic) bond motifs is 1. The average molecular weight is 364 g/mol. The second-order valence-corrected chi connectivity index (χ2v) is 9.05. The van der Waals surface area contributed by atoms with Crippen molar-refractivity contribution in [2.45, 2.75) is 65.2 Å². The smallest absolute Gasteiger partial charge is 0.328 e. The third-order valence-electron chi connectivity index (χ3n) is 5.97. The van der Waals surface area contributed by atoms with Gasteiger partial charge in [-0.25, -0.2) is 9.78 Å². The van der Waals surface area contributed by atoms with E-state index in [1.165, 1.54) is 29.5 Å². The molecular formula is C24H29NO2. The van der Waals surface area contributed by atoms with Crippen LogP contribution in [0.25, 0.3) is 17.3 Å². The first kappa shape index (κ1) is 19.3. The quantitative estimate of drug-likeness (QED) is 0.700. The van der Waals surface area contributed by atoms with Crippen LogP contribution in [0, 0.1) is 13.8 Å². The summed E-state index contributed by atoms with van der Waals surface area (Å²) in [6.45, 7) is 13.5. The number of hydrogen-bond acceptors (Lipinski definition) is 2. The zero-order chi connectivity index (χ0) is 20.0. The van der Waals surface area contributed by atoms with Gasteiger partial charge in [-0.15, -0.1) is 0 Å². The molecule has 3 rings (SSSR count). The minimum atomic E-state index is -0.965. The average Bonchev–Trinajstić information content (AvgIpc) is 2.58. The van der Waals surface area contributed by atoms with E-state index in [1.54, 1.807) is 6.08 Å². The van der Waals surface area contributed by atoms with Crippen molar-refractivity contribution < 1.29 is 9.90 Å². The van der Waals surface area contributed by atoms with Crippen LogP contribution in [0.4, 0.5) is 0 Å². The SMILES string of the molecule is Cc1cc2c(cc1-c1nc(/C=C/C(=O)O)ccc1C)C(C)(C)CCC2(C)C. The number of pyridine rings is 1. The van der Waals surface area contributed by atoms with E-state index in [2.05, 4.69) is 53.7 Å². The van der Waals surface area contributed by atoms with Gasteiger partial charge < -0.3 is 5.11 Å². The van der Waals surface area contributed by atoms with Gasteiger partial charge in [0.05, 0.1) is 11.4 Å². The predicted molar refractivity (Wildman–Crippen MR) is 111 cm³/mol. The Hall–Kier alpha value is -2.42. The lowest BCUT2D eigenvalue weighted by molar-refractivity contribution is -0.131. The molecule has 0 aliphatic heterocycles. The van der Waals surface area contributed by atoms with E-state index in [0.717, 1.165) is 22.9 Å². The first-order valence-corrected chi connectivity index (χ1v) is 9.56. The number of aromatic nitrogens is 1. The van der Waals surface area contributed by atoms with Crippen LogP contribution in [0.3, 0.4) is 0 Å². The normalized spacial score (nSPS) is 17.7. The summed E-state index contributed by atoms with van der Waals surface area (Å²) in [6, 6.07) is 8.54. The molecule has 0 spiro atoms. The molecule has 0 atom stereocenters.